The number of ether oxygens (including phenoxy) is 1. The van der Waals surface area contributed by atoms with Gasteiger partial charge in [-0.15, -0.1) is 6.42 Å². The van der Waals surface area contributed by atoms with E-state index in [-0.39, 0.29) is 17.0 Å². The van der Waals surface area contributed by atoms with Crippen LogP contribution in [-0.4, -0.2) is 24.0 Å². The molecule has 6 heteroatoms. The summed E-state index contributed by atoms with van der Waals surface area (Å²) < 4.78 is 4.96. The highest BCUT2D eigenvalue weighted by Gasteiger charge is 2.17. The fourth-order valence-corrected chi connectivity index (χ4v) is 1.30. The minimum absolute atomic E-state index is 0.130. The summed E-state index contributed by atoms with van der Waals surface area (Å²) in [6, 6.07) is 3.32. The molecule has 1 aromatic rings. The zero-order valence-electron chi connectivity index (χ0n) is 9.97. The maximum absolute atomic E-state index is 11.8. The number of benzene rings is 1. The van der Waals surface area contributed by atoms with Crippen molar-refractivity contribution >= 4 is 11.6 Å². The van der Waals surface area contributed by atoms with Crippen LogP contribution in [0, 0.1) is 22.5 Å². The number of nitro benzene ring substituents is 1. The molecule has 0 aliphatic carbocycles. The second-order valence-electron chi connectivity index (χ2n) is 3.50. The van der Waals surface area contributed by atoms with Crippen molar-refractivity contribution in [3.8, 4) is 18.1 Å². The summed E-state index contributed by atoms with van der Waals surface area (Å²) >= 11 is 0. The maximum atomic E-state index is 11.8. The van der Waals surface area contributed by atoms with Crippen LogP contribution >= 0.6 is 0 Å². The molecular weight excluding hydrogens is 236 g/mol. The number of hydrogen-bond donors (Lipinski definition) is 1. The topological polar surface area (TPSA) is 81.5 Å². The molecule has 0 bridgehead atoms. The molecule has 0 aliphatic heterocycles. The number of methoxy groups -OCH3 is 1. The number of terminal acetylenes is 1. The van der Waals surface area contributed by atoms with Crippen LogP contribution < -0.4 is 10.1 Å². The molecule has 1 rings (SSSR count). The summed E-state index contributed by atoms with van der Waals surface area (Å²) in [6.45, 7) is 1.65. The number of nitrogens with one attached hydrogen (secondary N) is 1. The fraction of sp³-hybridized carbons (Fsp3) is 0.250. The third-order valence-electron chi connectivity index (χ3n) is 2.24. The highest BCUT2D eigenvalue weighted by atomic mass is 16.6. The van der Waals surface area contributed by atoms with E-state index >= 15 is 0 Å². The highest BCUT2D eigenvalue weighted by Crippen LogP contribution is 2.24. The third-order valence-corrected chi connectivity index (χ3v) is 2.24. The SMILES string of the molecule is C#CC(C)NC(=O)c1ccc([N+](=O)[O-])cc1OC. The Kier molecular flexibility index (Phi) is 4.27. The lowest BCUT2D eigenvalue weighted by molar-refractivity contribution is -0.384. The predicted octanol–water partition coefficient (Wildman–Crippen LogP) is 1.35. The first-order chi connectivity index (χ1) is 8.49. The number of carbonyl (C=O) groups excluding carboxylic acids is 1. The summed E-state index contributed by atoms with van der Waals surface area (Å²) in [5.41, 5.74) is 0.0543. The number of rotatable bonds is 4. The first-order valence-electron chi connectivity index (χ1n) is 5.09. The van der Waals surface area contributed by atoms with Gasteiger partial charge < -0.3 is 10.1 Å². The van der Waals surface area contributed by atoms with Crippen LogP contribution in [0.4, 0.5) is 5.69 Å². The largest absolute Gasteiger partial charge is 0.496 e. The van der Waals surface area contributed by atoms with Gasteiger partial charge in [0.1, 0.15) is 5.75 Å². The Morgan fingerprint density at radius 2 is 2.28 bits per heavy atom. The van der Waals surface area contributed by atoms with Gasteiger partial charge >= 0.3 is 0 Å². The molecule has 1 atom stereocenters. The van der Waals surface area contributed by atoms with Crippen molar-refractivity contribution in [2.24, 2.45) is 0 Å². The van der Waals surface area contributed by atoms with E-state index in [1.165, 1.54) is 25.3 Å². The lowest BCUT2D eigenvalue weighted by Crippen LogP contribution is -2.31. The Morgan fingerprint density at radius 3 is 2.78 bits per heavy atom. The molecular formula is C12H12N2O4. The monoisotopic (exact) mass is 248 g/mol. The van der Waals surface area contributed by atoms with E-state index in [9.17, 15) is 14.9 Å². The predicted molar refractivity (Wildman–Crippen MR) is 65.4 cm³/mol. The zero-order valence-corrected chi connectivity index (χ0v) is 9.97. The lowest BCUT2D eigenvalue weighted by Gasteiger charge is -2.10. The summed E-state index contributed by atoms with van der Waals surface area (Å²) in [5, 5.41) is 13.1. The molecule has 18 heavy (non-hydrogen) atoms. The van der Waals surface area contributed by atoms with E-state index in [1.54, 1.807) is 6.92 Å². The van der Waals surface area contributed by atoms with Crippen LogP contribution in [-0.2, 0) is 0 Å². The second kappa shape index (κ2) is 5.68. The fourth-order valence-electron chi connectivity index (χ4n) is 1.30. The normalized spacial score (nSPS) is 11.2. The smallest absolute Gasteiger partial charge is 0.273 e. The van der Waals surface area contributed by atoms with Gasteiger partial charge in [0, 0.05) is 6.07 Å². The minimum atomic E-state index is -0.561. The van der Waals surface area contributed by atoms with Gasteiger partial charge in [-0.05, 0) is 13.0 Å². The molecule has 0 radical (unpaired) electrons. The number of amides is 1. The van der Waals surface area contributed by atoms with Crippen molar-refractivity contribution in [3.05, 3.63) is 33.9 Å². The van der Waals surface area contributed by atoms with E-state index in [0.29, 0.717) is 0 Å². The molecule has 1 aromatic carbocycles. The molecule has 0 saturated heterocycles. The van der Waals surface area contributed by atoms with Crippen molar-refractivity contribution < 1.29 is 14.5 Å². The van der Waals surface area contributed by atoms with Gasteiger partial charge in [0.05, 0.1) is 29.7 Å². The van der Waals surface area contributed by atoms with E-state index < -0.39 is 16.9 Å². The van der Waals surface area contributed by atoms with E-state index in [4.69, 9.17) is 11.2 Å². The Hall–Kier alpha value is -2.55. The van der Waals surface area contributed by atoms with Crippen LogP contribution in [0.5, 0.6) is 5.75 Å². The van der Waals surface area contributed by atoms with Gasteiger partial charge in [0.2, 0.25) is 0 Å². The van der Waals surface area contributed by atoms with Gasteiger partial charge in [-0.3, -0.25) is 14.9 Å². The molecule has 0 fully saturated rings. The zero-order chi connectivity index (χ0) is 13.7. The highest BCUT2D eigenvalue weighted by molar-refractivity contribution is 5.97. The number of carbonyl (C=O) groups is 1. The Bertz CT molecular complexity index is 519. The van der Waals surface area contributed by atoms with E-state index in [2.05, 4.69) is 11.2 Å². The number of nitro groups is 1. The first-order valence-corrected chi connectivity index (χ1v) is 5.09. The summed E-state index contributed by atoms with van der Waals surface area (Å²) in [4.78, 5) is 21.9. The average molecular weight is 248 g/mol. The standard InChI is InChI=1S/C12H12N2O4/c1-4-8(2)13-12(15)10-6-5-9(14(16)17)7-11(10)18-3/h1,5-8H,2-3H3,(H,13,15). The van der Waals surface area contributed by atoms with Crippen LogP contribution in [0.1, 0.15) is 17.3 Å². The van der Waals surface area contributed by atoms with Crippen LogP contribution in [0.15, 0.2) is 18.2 Å². The van der Waals surface area contributed by atoms with Crippen LogP contribution in [0.25, 0.3) is 0 Å². The quantitative estimate of drug-likeness (QED) is 0.495. The number of non-ortho nitro benzene ring substituents is 1. The van der Waals surface area contributed by atoms with Crippen molar-refractivity contribution in [1.82, 2.24) is 5.32 Å². The van der Waals surface area contributed by atoms with Crippen molar-refractivity contribution in [3.63, 3.8) is 0 Å². The number of hydrogen-bond acceptors (Lipinski definition) is 4. The molecule has 0 heterocycles. The van der Waals surface area contributed by atoms with Gasteiger partial charge in [-0.1, -0.05) is 5.92 Å². The average Bonchev–Trinajstić information content (AvgIpc) is 2.37. The summed E-state index contributed by atoms with van der Waals surface area (Å²) in [5.74, 6) is 2.04. The molecule has 1 amide bonds. The Labute approximate surface area is 104 Å². The molecule has 94 valence electrons. The number of nitrogens with zero attached hydrogens (tertiary/aromatic N) is 1. The van der Waals surface area contributed by atoms with Gasteiger partial charge in [0.15, 0.2) is 0 Å². The molecule has 0 aliphatic rings. The maximum Gasteiger partial charge on any atom is 0.273 e. The lowest BCUT2D eigenvalue weighted by atomic mass is 10.1. The van der Waals surface area contributed by atoms with Crippen LogP contribution in [0.2, 0.25) is 0 Å². The van der Waals surface area contributed by atoms with Crippen LogP contribution in [0.3, 0.4) is 0 Å². The molecule has 6 nitrogen and oxygen atoms in total. The van der Waals surface area contributed by atoms with Crippen molar-refractivity contribution in [2.45, 2.75) is 13.0 Å². The molecule has 0 aromatic heterocycles. The van der Waals surface area contributed by atoms with E-state index in [1.807, 2.05) is 0 Å². The first kappa shape index (κ1) is 13.5. The Balaban J connectivity index is 3.06. The van der Waals surface area contributed by atoms with Gasteiger partial charge in [-0.25, -0.2) is 0 Å². The van der Waals surface area contributed by atoms with E-state index in [0.717, 1.165) is 0 Å². The third kappa shape index (κ3) is 2.98. The minimum Gasteiger partial charge on any atom is -0.496 e. The van der Waals surface area contributed by atoms with Crippen molar-refractivity contribution in [2.75, 3.05) is 7.11 Å². The molecule has 1 N–H and O–H groups in total. The molecule has 0 saturated carbocycles. The summed E-state index contributed by atoms with van der Waals surface area (Å²) in [6.07, 6.45) is 5.15. The molecule has 0 spiro atoms. The Morgan fingerprint density at radius 1 is 1.61 bits per heavy atom. The van der Waals surface area contributed by atoms with Crippen molar-refractivity contribution in [1.29, 1.82) is 0 Å². The second-order valence-corrected chi connectivity index (χ2v) is 3.50. The molecule has 1 unspecified atom stereocenters. The van der Waals surface area contributed by atoms with Gasteiger partial charge in [-0.2, -0.15) is 0 Å². The summed E-state index contributed by atoms with van der Waals surface area (Å²) in [7, 11) is 1.33. The van der Waals surface area contributed by atoms with Gasteiger partial charge in [0.25, 0.3) is 11.6 Å².